The lowest BCUT2D eigenvalue weighted by Crippen LogP contribution is -2.48. The average molecular weight is 296 g/mol. The molecule has 1 N–H and O–H groups in total. The van der Waals surface area contributed by atoms with Gasteiger partial charge in [0.1, 0.15) is 5.78 Å². The fraction of sp³-hybridized carbons (Fsp3) is 0.562. The molecule has 0 aliphatic carbocycles. The highest BCUT2D eigenvalue weighted by molar-refractivity contribution is 6.30. The zero-order valence-electron chi connectivity index (χ0n) is 12.1. The number of hydrogen-bond acceptors (Lipinski definition) is 3. The fourth-order valence-corrected chi connectivity index (χ4v) is 2.66. The molecule has 0 unspecified atom stereocenters. The number of carbonyl (C=O) groups excluding carboxylic acids is 1. The second-order valence-corrected chi connectivity index (χ2v) is 6.21. The van der Waals surface area contributed by atoms with Gasteiger partial charge in [-0.25, -0.2) is 0 Å². The Morgan fingerprint density at radius 1 is 1.35 bits per heavy atom. The smallest absolute Gasteiger partial charge is 0.138 e. The first-order valence-corrected chi connectivity index (χ1v) is 7.47. The number of hydrogen-bond donors (Lipinski definition) is 1. The Labute approximate surface area is 125 Å². The highest BCUT2D eigenvalue weighted by atomic mass is 35.5. The largest absolute Gasteiger partial charge is 0.381 e. The Hall–Kier alpha value is -0.900. The minimum absolute atomic E-state index is 0.0678. The molecule has 1 aliphatic rings. The summed E-state index contributed by atoms with van der Waals surface area (Å²) < 4.78 is 5.40. The van der Waals surface area contributed by atoms with Gasteiger partial charge >= 0.3 is 0 Å². The number of ether oxygens (including phenoxy) is 1. The van der Waals surface area contributed by atoms with Crippen molar-refractivity contribution in [3.05, 3.63) is 34.9 Å². The van der Waals surface area contributed by atoms with Crippen LogP contribution >= 0.6 is 11.6 Å². The van der Waals surface area contributed by atoms with Crippen molar-refractivity contribution in [3.8, 4) is 0 Å². The number of carbonyl (C=O) groups is 1. The van der Waals surface area contributed by atoms with Crippen molar-refractivity contribution < 1.29 is 9.53 Å². The van der Waals surface area contributed by atoms with E-state index in [0.717, 1.165) is 31.6 Å². The van der Waals surface area contributed by atoms with Crippen LogP contribution in [0.4, 0.5) is 0 Å². The zero-order chi connectivity index (χ0) is 14.6. The van der Waals surface area contributed by atoms with Gasteiger partial charge in [0, 0.05) is 30.3 Å². The van der Waals surface area contributed by atoms with Crippen LogP contribution in [0.5, 0.6) is 0 Å². The SMILES string of the molecule is CC(=O)[C@H](CNC1(C)CCOCC1)c1ccc(Cl)cc1. The van der Waals surface area contributed by atoms with Crippen LogP contribution in [0.15, 0.2) is 24.3 Å². The van der Waals surface area contributed by atoms with E-state index < -0.39 is 0 Å². The van der Waals surface area contributed by atoms with E-state index in [-0.39, 0.29) is 17.2 Å². The lowest BCUT2D eigenvalue weighted by molar-refractivity contribution is -0.118. The maximum Gasteiger partial charge on any atom is 0.138 e. The Morgan fingerprint density at radius 2 is 1.95 bits per heavy atom. The second kappa shape index (κ2) is 6.70. The third-order valence-corrected chi connectivity index (χ3v) is 4.34. The van der Waals surface area contributed by atoms with Crippen LogP contribution in [0.1, 0.15) is 38.2 Å². The van der Waals surface area contributed by atoms with Crippen LogP contribution in [0.3, 0.4) is 0 Å². The quantitative estimate of drug-likeness (QED) is 0.907. The molecule has 0 saturated carbocycles. The molecule has 4 heteroatoms. The van der Waals surface area contributed by atoms with E-state index in [1.165, 1.54) is 0 Å². The van der Waals surface area contributed by atoms with E-state index in [0.29, 0.717) is 11.6 Å². The molecule has 110 valence electrons. The van der Waals surface area contributed by atoms with Crippen LogP contribution in [-0.4, -0.2) is 31.1 Å². The Bertz CT molecular complexity index is 452. The van der Waals surface area contributed by atoms with Crippen LogP contribution < -0.4 is 5.32 Å². The summed E-state index contributed by atoms with van der Waals surface area (Å²) >= 11 is 5.90. The third kappa shape index (κ3) is 4.05. The van der Waals surface area contributed by atoms with Crippen LogP contribution in [0.25, 0.3) is 0 Å². The molecule has 1 fully saturated rings. The third-order valence-electron chi connectivity index (χ3n) is 4.09. The van der Waals surface area contributed by atoms with Crippen molar-refractivity contribution in [2.45, 2.75) is 38.1 Å². The highest BCUT2D eigenvalue weighted by Gasteiger charge is 2.28. The molecule has 0 amide bonds. The molecule has 0 bridgehead atoms. The molecule has 1 atom stereocenters. The molecule has 0 radical (unpaired) electrons. The number of benzene rings is 1. The van der Waals surface area contributed by atoms with Crippen molar-refractivity contribution in [2.24, 2.45) is 0 Å². The standard InChI is InChI=1S/C16H22ClNO2/c1-12(19)15(13-3-5-14(17)6-4-13)11-18-16(2)7-9-20-10-8-16/h3-6,15,18H,7-11H2,1-2H3/t15-/m0/s1. The molecule has 1 aromatic carbocycles. The predicted octanol–water partition coefficient (Wildman–Crippen LogP) is 3.17. The molecule has 1 aliphatic heterocycles. The average Bonchev–Trinajstić information content (AvgIpc) is 2.41. The number of nitrogens with one attached hydrogen (secondary N) is 1. The number of ketones is 1. The van der Waals surface area contributed by atoms with Gasteiger partial charge in [-0.1, -0.05) is 23.7 Å². The lowest BCUT2D eigenvalue weighted by Gasteiger charge is -2.35. The minimum Gasteiger partial charge on any atom is -0.381 e. The van der Waals surface area contributed by atoms with E-state index in [1.807, 2.05) is 24.3 Å². The normalized spacial score (nSPS) is 19.6. The fourth-order valence-electron chi connectivity index (χ4n) is 2.54. The van der Waals surface area contributed by atoms with Crippen LogP contribution in [0, 0.1) is 0 Å². The molecule has 20 heavy (non-hydrogen) atoms. The van der Waals surface area contributed by atoms with E-state index in [9.17, 15) is 4.79 Å². The zero-order valence-corrected chi connectivity index (χ0v) is 12.9. The van der Waals surface area contributed by atoms with E-state index in [4.69, 9.17) is 16.3 Å². The monoisotopic (exact) mass is 295 g/mol. The molecule has 3 nitrogen and oxygen atoms in total. The Balaban J connectivity index is 2.02. The summed E-state index contributed by atoms with van der Waals surface area (Å²) in [5, 5.41) is 4.25. The summed E-state index contributed by atoms with van der Waals surface area (Å²) in [6, 6.07) is 7.54. The highest BCUT2D eigenvalue weighted by Crippen LogP contribution is 2.23. The van der Waals surface area contributed by atoms with Crippen LogP contribution in [0.2, 0.25) is 5.02 Å². The summed E-state index contributed by atoms with van der Waals surface area (Å²) in [5.41, 5.74) is 1.09. The van der Waals surface area contributed by atoms with Gasteiger partial charge in [0.05, 0.1) is 5.92 Å². The number of halogens is 1. The van der Waals surface area contributed by atoms with E-state index >= 15 is 0 Å². The van der Waals surface area contributed by atoms with Crippen molar-refractivity contribution in [2.75, 3.05) is 19.8 Å². The summed E-state index contributed by atoms with van der Waals surface area (Å²) in [6.07, 6.45) is 1.97. The van der Waals surface area contributed by atoms with Gasteiger partial charge in [-0.3, -0.25) is 4.79 Å². The number of Topliss-reactive ketones (excluding diaryl/α,β-unsaturated/α-hetero) is 1. The van der Waals surface area contributed by atoms with E-state index in [1.54, 1.807) is 6.92 Å². The summed E-state index contributed by atoms with van der Waals surface area (Å²) in [5.74, 6) is 0.0578. The minimum atomic E-state index is -0.119. The first-order chi connectivity index (χ1) is 9.50. The molecule has 0 spiro atoms. The van der Waals surface area contributed by atoms with Gasteiger partial charge in [-0.15, -0.1) is 0 Å². The van der Waals surface area contributed by atoms with Gasteiger partial charge in [0.2, 0.25) is 0 Å². The summed E-state index contributed by atoms with van der Waals surface area (Å²) in [7, 11) is 0. The van der Waals surface area contributed by atoms with Crippen molar-refractivity contribution in [3.63, 3.8) is 0 Å². The molecule has 2 rings (SSSR count). The van der Waals surface area contributed by atoms with E-state index in [2.05, 4.69) is 12.2 Å². The Kier molecular flexibility index (Phi) is 5.19. The molecule has 0 aromatic heterocycles. The maximum absolute atomic E-state index is 11.9. The van der Waals surface area contributed by atoms with Gasteiger partial charge in [0.25, 0.3) is 0 Å². The maximum atomic E-state index is 11.9. The molecule has 1 aromatic rings. The second-order valence-electron chi connectivity index (χ2n) is 5.77. The topological polar surface area (TPSA) is 38.3 Å². The van der Waals surface area contributed by atoms with Crippen LogP contribution in [-0.2, 0) is 9.53 Å². The number of rotatable bonds is 5. The summed E-state index contributed by atoms with van der Waals surface area (Å²) in [4.78, 5) is 11.9. The molecular formula is C16H22ClNO2. The Morgan fingerprint density at radius 3 is 2.50 bits per heavy atom. The first kappa shape index (κ1) is 15.5. The molecular weight excluding hydrogens is 274 g/mol. The first-order valence-electron chi connectivity index (χ1n) is 7.09. The van der Waals surface area contributed by atoms with Gasteiger partial charge < -0.3 is 10.1 Å². The van der Waals surface area contributed by atoms with Gasteiger partial charge in [0.15, 0.2) is 0 Å². The summed E-state index contributed by atoms with van der Waals surface area (Å²) in [6.45, 7) is 6.08. The molecule has 1 heterocycles. The van der Waals surface area contributed by atoms with Gasteiger partial charge in [-0.2, -0.15) is 0 Å². The lowest BCUT2D eigenvalue weighted by atomic mass is 9.89. The predicted molar refractivity (Wildman–Crippen MR) is 81.3 cm³/mol. The van der Waals surface area contributed by atoms with Crippen molar-refractivity contribution >= 4 is 17.4 Å². The van der Waals surface area contributed by atoms with Gasteiger partial charge in [-0.05, 0) is 44.4 Å². The molecule has 1 saturated heterocycles. The van der Waals surface area contributed by atoms with Crippen molar-refractivity contribution in [1.82, 2.24) is 5.32 Å². The van der Waals surface area contributed by atoms with Crippen molar-refractivity contribution in [1.29, 1.82) is 0 Å².